The van der Waals surface area contributed by atoms with Crippen molar-refractivity contribution in [3.05, 3.63) is 47.5 Å². The molecule has 3 N–H and O–H groups in total. The summed E-state index contributed by atoms with van der Waals surface area (Å²) in [5, 5.41) is 3.40. The van der Waals surface area contributed by atoms with Gasteiger partial charge in [-0.15, -0.1) is 0 Å². The number of nitrogens with two attached hydrogens (primary N) is 1. The average molecular weight is 274 g/mol. The van der Waals surface area contributed by atoms with Crippen LogP contribution in [0.3, 0.4) is 0 Å². The van der Waals surface area contributed by atoms with Crippen LogP contribution in [0, 0.1) is 0 Å². The van der Waals surface area contributed by atoms with Gasteiger partial charge in [0.1, 0.15) is 0 Å². The Bertz CT molecular complexity index is 354. The summed E-state index contributed by atoms with van der Waals surface area (Å²) in [6, 6.07) is 8.99. The highest BCUT2D eigenvalue weighted by molar-refractivity contribution is 5.22. The van der Waals surface area contributed by atoms with Crippen LogP contribution in [0.4, 0.5) is 0 Å². The summed E-state index contributed by atoms with van der Waals surface area (Å²) in [6.07, 6.45) is 11.7. The predicted molar refractivity (Wildman–Crippen MR) is 88.8 cm³/mol. The maximum absolute atomic E-state index is 5.47. The minimum atomic E-state index is 0.763. The molecule has 2 nitrogen and oxygen atoms in total. The molecule has 2 heteroatoms. The molecule has 112 valence electrons. The summed E-state index contributed by atoms with van der Waals surface area (Å²) < 4.78 is 0. The van der Waals surface area contributed by atoms with Crippen LogP contribution in [0.15, 0.2) is 36.4 Å². The normalized spacial score (nSPS) is 11.3. The van der Waals surface area contributed by atoms with Gasteiger partial charge in [-0.3, -0.25) is 0 Å². The van der Waals surface area contributed by atoms with Crippen LogP contribution in [0.2, 0.25) is 0 Å². The Balaban J connectivity index is 2.18. The van der Waals surface area contributed by atoms with E-state index in [2.05, 4.69) is 48.7 Å². The second-order valence-electron chi connectivity index (χ2n) is 5.29. The SMILES string of the molecule is CCC/C=C/CCCc1ccc(CNCCCN)cc1. The van der Waals surface area contributed by atoms with Crippen LogP contribution in [0.5, 0.6) is 0 Å². The van der Waals surface area contributed by atoms with E-state index in [0.29, 0.717) is 0 Å². The molecule has 1 aromatic rings. The van der Waals surface area contributed by atoms with Gasteiger partial charge in [-0.1, -0.05) is 49.8 Å². The first-order valence-electron chi connectivity index (χ1n) is 8.00. The summed E-state index contributed by atoms with van der Waals surface area (Å²) >= 11 is 0. The molecule has 0 aromatic heterocycles. The van der Waals surface area contributed by atoms with E-state index < -0.39 is 0 Å². The van der Waals surface area contributed by atoms with Gasteiger partial charge in [-0.2, -0.15) is 0 Å². The Kier molecular flexibility index (Phi) is 9.89. The lowest BCUT2D eigenvalue weighted by molar-refractivity contribution is 0.655. The molecule has 1 aromatic carbocycles. The molecule has 20 heavy (non-hydrogen) atoms. The van der Waals surface area contributed by atoms with E-state index in [4.69, 9.17) is 5.73 Å². The number of hydrogen-bond acceptors (Lipinski definition) is 2. The lowest BCUT2D eigenvalue weighted by Gasteiger charge is -2.05. The van der Waals surface area contributed by atoms with Crippen LogP contribution in [0.25, 0.3) is 0 Å². The number of aryl methyl sites for hydroxylation is 1. The van der Waals surface area contributed by atoms with E-state index in [0.717, 1.165) is 26.1 Å². The molecule has 0 aliphatic heterocycles. The molecule has 0 heterocycles. The highest BCUT2D eigenvalue weighted by atomic mass is 14.8. The van der Waals surface area contributed by atoms with Gasteiger partial charge in [0, 0.05) is 6.54 Å². The van der Waals surface area contributed by atoms with Crippen LogP contribution in [0.1, 0.15) is 50.2 Å². The van der Waals surface area contributed by atoms with E-state index in [-0.39, 0.29) is 0 Å². The van der Waals surface area contributed by atoms with Crippen molar-refractivity contribution >= 4 is 0 Å². The summed E-state index contributed by atoms with van der Waals surface area (Å²) in [7, 11) is 0. The van der Waals surface area contributed by atoms with Crippen molar-refractivity contribution < 1.29 is 0 Å². The van der Waals surface area contributed by atoms with Gasteiger partial charge >= 0.3 is 0 Å². The van der Waals surface area contributed by atoms with Crippen molar-refractivity contribution in [3.63, 3.8) is 0 Å². The first kappa shape index (κ1) is 16.9. The van der Waals surface area contributed by atoms with Crippen LogP contribution >= 0.6 is 0 Å². The monoisotopic (exact) mass is 274 g/mol. The fourth-order valence-corrected chi connectivity index (χ4v) is 2.11. The van der Waals surface area contributed by atoms with Crippen molar-refractivity contribution in [2.24, 2.45) is 5.73 Å². The Morgan fingerprint density at radius 1 is 1.00 bits per heavy atom. The first-order chi connectivity index (χ1) is 9.86. The maximum Gasteiger partial charge on any atom is 0.0205 e. The van der Waals surface area contributed by atoms with Crippen LogP contribution in [-0.2, 0) is 13.0 Å². The number of allylic oxidation sites excluding steroid dienone is 2. The fourth-order valence-electron chi connectivity index (χ4n) is 2.11. The molecule has 0 aliphatic rings. The molecule has 0 unspecified atom stereocenters. The largest absolute Gasteiger partial charge is 0.330 e. The van der Waals surface area contributed by atoms with Crippen molar-refractivity contribution in [1.82, 2.24) is 5.32 Å². The zero-order valence-corrected chi connectivity index (χ0v) is 12.9. The van der Waals surface area contributed by atoms with Gasteiger partial charge < -0.3 is 11.1 Å². The fraction of sp³-hybridized carbons (Fsp3) is 0.556. The van der Waals surface area contributed by atoms with Gasteiger partial charge in [0.2, 0.25) is 0 Å². The van der Waals surface area contributed by atoms with Gasteiger partial charge in [-0.05, 0) is 56.3 Å². The Hall–Kier alpha value is -1.12. The standard InChI is InChI=1S/C18H30N2/c1-2-3-4-5-6-7-9-17-10-12-18(13-11-17)16-20-15-8-14-19/h4-5,10-13,20H,2-3,6-9,14-16,19H2,1H3/b5-4+. The number of nitrogens with one attached hydrogen (secondary N) is 1. The summed E-state index contributed by atoms with van der Waals surface area (Å²) in [5.74, 6) is 0. The lowest BCUT2D eigenvalue weighted by atomic mass is 10.1. The summed E-state index contributed by atoms with van der Waals surface area (Å²) in [4.78, 5) is 0. The highest BCUT2D eigenvalue weighted by Crippen LogP contribution is 2.08. The summed E-state index contributed by atoms with van der Waals surface area (Å²) in [6.45, 7) is 4.93. The predicted octanol–water partition coefficient (Wildman–Crippen LogP) is 3.80. The molecule has 0 atom stereocenters. The number of unbranched alkanes of at least 4 members (excludes halogenated alkanes) is 2. The second-order valence-corrected chi connectivity index (χ2v) is 5.29. The molecule has 0 radical (unpaired) electrons. The zero-order chi connectivity index (χ0) is 14.5. The topological polar surface area (TPSA) is 38.0 Å². The van der Waals surface area contributed by atoms with Gasteiger partial charge in [0.05, 0.1) is 0 Å². The van der Waals surface area contributed by atoms with Crippen molar-refractivity contribution in [2.45, 2.75) is 52.0 Å². The molecule has 0 saturated heterocycles. The Labute approximate surface area is 124 Å². The van der Waals surface area contributed by atoms with E-state index in [9.17, 15) is 0 Å². The van der Waals surface area contributed by atoms with E-state index >= 15 is 0 Å². The molecule has 0 aliphatic carbocycles. The third-order valence-corrected chi connectivity index (χ3v) is 3.37. The molecule has 0 amide bonds. The molecule has 1 rings (SSSR count). The highest BCUT2D eigenvalue weighted by Gasteiger charge is 1.95. The first-order valence-corrected chi connectivity index (χ1v) is 8.00. The van der Waals surface area contributed by atoms with Crippen LogP contribution < -0.4 is 11.1 Å². The van der Waals surface area contributed by atoms with Gasteiger partial charge in [-0.25, -0.2) is 0 Å². The molecule has 0 saturated carbocycles. The zero-order valence-electron chi connectivity index (χ0n) is 12.9. The number of rotatable bonds is 11. The quantitative estimate of drug-likeness (QED) is 0.476. The molecule has 0 spiro atoms. The molecular weight excluding hydrogens is 244 g/mol. The van der Waals surface area contributed by atoms with Crippen molar-refractivity contribution in [3.8, 4) is 0 Å². The number of benzene rings is 1. The number of hydrogen-bond donors (Lipinski definition) is 2. The lowest BCUT2D eigenvalue weighted by Crippen LogP contribution is -2.17. The average Bonchev–Trinajstić information content (AvgIpc) is 2.49. The minimum Gasteiger partial charge on any atom is -0.330 e. The van der Waals surface area contributed by atoms with Crippen LogP contribution in [-0.4, -0.2) is 13.1 Å². The Morgan fingerprint density at radius 3 is 2.40 bits per heavy atom. The Morgan fingerprint density at radius 2 is 1.70 bits per heavy atom. The van der Waals surface area contributed by atoms with E-state index in [1.54, 1.807) is 0 Å². The molecule has 0 bridgehead atoms. The van der Waals surface area contributed by atoms with E-state index in [1.165, 1.54) is 43.2 Å². The summed E-state index contributed by atoms with van der Waals surface area (Å²) in [5.41, 5.74) is 8.27. The van der Waals surface area contributed by atoms with Gasteiger partial charge in [0.15, 0.2) is 0 Å². The minimum absolute atomic E-state index is 0.763. The second kappa shape index (κ2) is 11.7. The maximum atomic E-state index is 5.47. The molecule has 0 fully saturated rings. The van der Waals surface area contributed by atoms with Crippen molar-refractivity contribution in [1.29, 1.82) is 0 Å². The van der Waals surface area contributed by atoms with E-state index in [1.807, 2.05) is 0 Å². The third-order valence-electron chi connectivity index (χ3n) is 3.37. The molecular formula is C18H30N2. The van der Waals surface area contributed by atoms with Gasteiger partial charge in [0.25, 0.3) is 0 Å². The smallest absolute Gasteiger partial charge is 0.0205 e. The third kappa shape index (κ3) is 8.13. The van der Waals surface area contributed by atoms with Crippen molar-refractivity contribution in [2.75, 3.05) is 13.1 Å².